The molecular weight excluding hydrogens is 260 g/mol. The van der Waals surface area contributed by atoms with Crippen molar-refractivity contribution in [3.05, 3.63) is 0 Å². The molecule has 0 aliphatic heterocycles. The Morgan fingerprint density at radius 1 is 1.24 bits per heavy atom. The van der Waals surface area contributed by atoms with E-state index in [1.807, 2.05) is 20.8 Å². The van der Waals surface area contributed by atoms with Crippen LogP contribution in [0.15, 0.2) is 0 Å². The van der Waals surface area contributed by atoms with Crippen molar-refractivity contribution in [3.8, 4) is 0 Å². The molecule has 2 aliphatic rings. The van der Waals surface area contributed by atoms with Crippen LogP contribution in [0.4, 0.5) is 0 Å². The molecule has 2 rings (SSSR count). The van der Waals surface area contributed by atoms with Gasteiger partial charge in [-0.1, -0.05) is 45.4 Å². The van der Waals surface area contributed by atoms with Crippen LogP contribution in [-0.2, 0) is 9.53 Å². The Hall–Kier alpha value is -0.530. The summed E-state index contributed by atoms with van der Waals surface area (Å²) in [6.45, 7) is 8.18. The van der Waals surface area contributed by atoms with Gasteiger partial charge >= 0.3 is 5.97 Å². The number of rotatable bonds is 5. The fourth-order valence-electron chi connectivity index (χ4n) is 4.32. The normalized spacial score (nSPS) is 30.8. The minimum absolute atomic E-state index is 0.0824. The fourth-order valence-corrected chi connectivity index (χ4v) is 4.32. The lowest BCUT2D eigenvalue weighted by molar-refractivity contribution is -0.163. The molecular formula is C19H34O2. The topological polar surface area (TPSA) is 26.3 Å². The first kappa shape index (κ1) is 16.8. The number of esters is 1. The van der Waals surface area contributed by atoms with Gasteiger partial charge in [-0.2, -0.15) is 0 Å². The van der Waals surface area contributed by atoms with E-state index in [-0.39, 0.29) is 17.5 Å². The van der Waals surface area contributed by atoms with Crippen LogP contribution in [0, 0.1) is 17.3 Å². The number of carbonyl (C=O) groups excluding carboxylic acids is 1. The summed E-state index contributed by atoms with van der Waals surface area (Å²) in [5, 5.41) is 0. The summed E-state index contributed by atoms with van der Waals surface area (Å²) in [6, 6.07) is 0. The maximum Gasteiger partial charge on any atom is 0.310 e. The van der Waals surface area contributed by atoms with E-state index in [0.29, 0.717) is 5.41 Å². The molecule has 0 aromatic heterocycles. The minimum Gasteiger partial charge on any atom is -0.460 e. The Balaban J connectivity index is 2.09. The van der Waals surface area contributed by atoms with E-state index in [4.69, 9.17) is 4.74 Å². The second kappa shape index (κ2) is 6.71. The van der Waals surface area contributed by atoms with Crippen LogP contribution in [-0.4, -0.2) is 11.6 Å². The SMILES string of the molecule is CCCCC(C(=O)OC(C)(C)C)C12CCCCCCC1C2. The van der Waals surface area contributed by atoms with E-state index in [2.05, 4.69) is 6.92 Å². The van der Waals surface area contributed by atoms with Crippen molar-refractivity contribution in [3.63, 3.8) is 0 Å². The summed E-state index contributed by atoms with van der Waals surface area (Å²) >= 11 is 0. The summed E-state index contributed by atoms with van der Waals surface area (Å²) in [4.78, 5) is 12.8. The highest BCUT2D eigenvalue weighted by molar-refractivity contribution is 5.74. The van der Waals surface area contributed by atoms with Gasteiger partial charge in [-0.15, -0.1) is 0 Å². The fraction of sp³-hybridized carbons (Fsp3) is 0.947. The van der Waals surface area contributed by atoms with E-state index in [1.54, 1.807) is 0 Å². The number of hydrogen-bond acceptors (Lipinski definition) is 2. The monoisotopic (exact) mass is 294 g/mol. The van der Waals surface area contributed by atoms with Crippen LogP contribution >= 0.6 is 0 Å². The predicted molar refractivity (Wildman–Crippen MR) is 87.1 cm³/mol. The Labute approximate surface area is 131 Å². The summed E-state index contributed by atoms with van der Waals surface area (Å²) in [5.41, 5.74) is -0.0535. The number of unbranched alkanes of at least 4 members (excludes halogenated alkanes) is 1. The zero-order valence-electron chi connectivity index (χ0n) is 14.5. The highest BCUT2D eigenvalue weighted by Gasteiger charge is 2.60. The molecule has 2 heteroatoms. The lowest BCUT2D eigenvalue weighted by atomic mass is 9.77. The first-order chi connectivity index (χ1) is 9.89. The van der Waals surface area contributed by atoms with E-state index >= 15 is 0 Å². The van der Waals surface area contributed by atoms with Crippen LogP contribution in [0.5, 0.6) is 0 Å². The molecule has 2 aliphatic carbocycles. The van der Waals surface area contributed by atoms with Crippen LogP contribution in [0.2, 0.25) is 0 Å². The minimum atomic E-state index is -0.357. The third-order valence-corrected chi connectivity index (χ3v) is 5.46. The largest absolute Gasteiger partial charge is 0.460 e. The lowest BCUT2D eigenvalue weighted by Crippen LogP contribution is -2.34. The van der Waals surface area contributed by atoms with E-state index in [0.717, 1.165) is 18.8 Å². The van der Waals surface area contributed by atoms with E-state index in [1.165, 1.54) is 51.4 Å². The maximum atomic E-state index is 12.8. The molecule has 0 N–H and O–H groups in total. The van der Waals surface area contributed by atoms with Crippen molar-refractivity contribution in [2.24, 2.45) is 17.3 Å². The summed E-state index contributed by atoms with van der Waals surface area (Å²) in [7, 11) is 0. The molecule has 2 saturated carbocycles. The van der Waals surface area contributed by atoms with Gasteiger partial charge in [0, 0.05) is 0 Å². The molecule has 0 aromatic rings. The van der Waals surface area contributed by atoms with Gasteiger partial charge in [0.2, 0.25) is 0 Å². The molecule has 0 spiro atoms. The highest BCUT2D eigenvalue weighted by Crippen LogP contribution is 2.65. The molecule has 0 amide bonds. The molecule has 0 bridgehead atoms. The van der Waals surface area contributed by atoms with Crippen LogP contribution in [0.25, 0.3) is 0 Å². The Morgan fingerprint density at radius 3 is 2.62 bits per heavy atom. The van der Waals surface area contributed by atoms with Gasteiger partial charge in [-0.3, -0.25) is 4.79 Å². The van der Waals surface area contributed by atoms with Crippen LogP contribution in [0.1, 0.15) is 91.9 Å². The zero-order valence-corrected chi connectivity index (χ0v) is 14.5. The Bertz CT molecular complexity index is 355. The number of ether oxygens (including phenoxy) is 1. The van der Waals surface area contributed by atoms with Crippen molar-refractivity contribution in [1.82, 2.24) is 0 Å². The molecule has 0 heterocycles. The molecule has 3 unspecified atom stereocenters. The molecule has 2 fully saturated rings. The van der Waals surface area contributed by atoms with Gasteiger partial charge in [0.25, 0.3) is 0 Å². The van der Waals surface area contributed by atoms with Crippen LogP contribution < -0.4 is 0 Å². The maximum absolute atomic E-state index is 12.8. The first-order valence-electron chi connectivity index (χ1n) is 9.12. The summed E-state index contributed by atoms with van der Waals surface area (Å²) < 4.78 is 5.78. The molecule has 0 aromatic carbocycles. The molecule has 2 nitrogen and oxygen atoms in total. The number of carbonyl (C=O) groups is 1. The lowest BCUT2D eigenvalue weighted by Gasteiger charge is -2.31. The smallest absolute Gasteiger partial charge is 0.310 e. The highest BCUT2D eigenvalue weighted by atomic mass is 16.6. The Morgan fingerprint density at radius 2 is 1.95 bits per heavy atom. The van der Waals surface area contributed by atoms with Crippen molar-refractivity contribution >= 4 is 5.97 Å². The number of hydrogen-bond donors (Lipinski definition) is 0. The quantitative estimate of drug-likeness (QED) is 0.626. The molecule has 0 saturated heterocycles. The Kier molecular flexibility index (Phi) is 5.38. The van der Waals surface area contributed by atoms with Gasteiger partial charge in [0.15, 0.2) is 0 Å². The van der Waals surface area contributed by atoms with Gasteiger partial charge in [0.1, 0.15) is 5.60 Å². The van der Waals surface area contributed by atoms with Crippen molar-refractivity contribution in [1.29, 1.82) is 0 Å². The van der Waals surface area contributed by atoms with Crippen molar-refractivity contribution < 1.29 is 9.53 Å². The number of fused-ring (bicyclic) bond motifs is 1. The zero-order chi connectivity index (χ0) is 15.5. The molecule has 0 radical (unpaired) electrons. The third-order valence-electron chi connectivity index (χ3n) is 5.46. The van der Waals surface area contributed by atoms with Crippen molar-refractivity contribution in [2.75, 3.05) is 0 Å². The molecule has 3 atom stereocenters. The average Bonchev–Trinajstić information content (AvgIpc) is 3.01. The van der Waals surface area contributed by atoms with Crippen LogP contribution in [0.3, 0.4) is 0 Å². The standard InChI is InChI=1S/C19H34O2/c1-5-6-12-16(17(20)21-18(2,3)4)19-13-10-8-7-9-11-15(19)14-19/h15-16H,5-14H2,1-4H3. The predicted octanol–water partition coefficient (Wildman–Crippen LogP) is 5.50. The van der Waals surface area contributed by atoms with Gasteiger partial charge in [-0.25, -0.2) is 0 Å². The molecule has 122 valence electrons. The second-order valence-electron chi connectivity index (χ2n) is 8.32. The van der Waals surface area contributed by atoms with E-state index in [9.17, 15) is 4.79 Å². The van der Waals surface area contributed by atoms with Crippen molar-refractivity contribution in [2.45, 2.75) is 97.5 Å². The van der Waals surface area contributed by atoms with Gasteiger partial charge < -0.3 is 4.74 Å². The first-order valence-corrected chi connectivity index (χ1v) is 9.12. The summed E-state index contributed by atoms with van der Waals surface area (Å²) in [6.07, 6.45) is 12.6. The second-order valence-corrected chi connectivity index (χ2v) is 8.32. The third kappa shape index (κ3) is 4.23. The van der Waals surface area contributed by atoms with E-state index < -0.39 is 0 Å². The summed E-state index contributed by atoms with van der Waals surface area (Å²) in [5.74, 6) is 1.03. The van der Waals surface area contributed by atoms with Gasteiger partial charge in [-0.05, 0) is 57.8 Å². The molecule has 21 heavy (non-hydrogen) atoms. The van der Waals surface area contributed by atoms with Gasteiger partial charge in [0.05, 0.1) is 5.92 Å². The average molecular weight is 294 g/mol.